The first kappa shape index (κ1) is 23.7. The first-order valence-electron chi connectivity index (χ1n) is 11.8. The molecule has 176 valence electrons. The number of hydrogen-bond acceptors (Lipinski definition) is 7. The van der Waals surface area contributed by atoms with Gasteiger partial charge in [0.25, 0.3) is 0 Å². The second-order valence-corrected chi connectivity index (χ2v) is 11.0. The maximum Gasteiger partial charge on any atom is 0.246 e. The van der Waals surface area contributed by atoms with Gasteiger partial charge in [-0.2, -0.15) is 11.8 Å². The smallest absolute Gasteiger partial charge is 0.246 e. The van der Waals surface area contributed by atoms with Crippen molar-refractivity contribution in [1.29, 1.82) is 0 Å². The molecular formula is C23H35N5O2S2. The minimum absolute atomic E-state index is 0.0428. The van der Waals surface area contributed by atoms with Crippen molar-refractivity contribution in [3.63, 3.8) is 0 Å². The Bertz CT molecular complexity index is 733. The van der Waals surface area contributed by atoms with Crippen LogP contribution in [0.2, 0.25) is 0 Å². The van der Waals surface area contributed by atoms with Crippen LogP contribution in [-0.2, 0) is 9.59 Å². The van der Waals surface area contributed by atoms with E-state index in [1.54, 1.807) is 18.0 Å². The summed E-state index contributed by atoms with van der Waals surface area (Å²) in [5.74, 6) is 5.03. The van der Waals surface area contributed by atoms with Gasteiger partial charge in [-0.05, 0) is 36.6 Å². The second kappa shape index (κ2) is 12.1. The highest BCUT2D eigenvalue weighted by molar-refractivity contribution is 7.99. The van der Waals surface area contributed by atoms with E-state index in [-0.39, 0.29) is 17.9 Å². The molecule has 3 fully saturated rings. The Morgan fingerprint density at radius 3 is 2.69 bits per heavy atom. The number of rotatable bonds is 8. The standard InChI is InChI=1S/C23H35N5O2S2/c29-22(19-15-32-17-25-19)26-20(16-31-14-18-6-2-1-3-7-18)23(30)28-12-10-27(11-13-28)21-8-4-5-9-24-21/h4-5,8-9,18-20,25H,1-3,6-7,10-17H2,(H,26,29). The number of carbonyl (C=O) groups excluding carboxylic acids is 2. The molecule has 3 aliphatic rings. The third kappa shape index (κ3) is 6.54. The Morgan fingerprint density at radius 1 is 1.19 bits per heavy atom. The minimum Gasteiger partial charge on any atom is -0.353 e. The van der Waals surface area contributed by atoms with Crippen molar-refractivity contribution in [3.05, 3.63) is 24.4 Å². The van der Waals surface area contributed by atoms with Crippen molar-refractivity contribution in [1.82, 2.24) is 20.5 Å². The predicted molar refractivity (Wildman–Crippen MR) is 133 cm³/mol. The van der Waals surface area contributed by atoms with E-state index < -0.39 is 6.04 Å². The summed E-state index contributed by atoms with van der Waals surface area (Å²) < 4.78 is 0. The highest BCUT2D eigenvalue weighted by atomic mass is 32.2. The molecule has 0 bridgehead atoms. The molecule has 32 heavy (non-hydrogen) atoms. The molecule has 1 aliphatic carbocycles. The number of nitrogens with one attached hydrogen (secondary N) is 2. The van der Waals surface area contributed by atoms with E-state index in [0.29, 0.717) is 18.8 Å². The Labute approximate surface area is 199 Å². The van der Waals surface area contributed by atoms with Crippen LogP contribution in [0.15, 0.2) is 24.4 Å². The quantitative estimate of drug-likeness (QED) is 0.594. The van der Waals surface area contributed by atoms with Gasteiger partial charge >= 0.3 is 0 Å². The molecule has 2 unspecified atom stereocenters. The molecule has 2 aliphatic heterocycles. The number of piperazine rings is 1. The topological polar surface area (TPSA) is 77.6 Å². The fraction of sp³-hybridized carbons (Fsp3) is 0.696. The summed E-state index contributed by atoms with van der Waals surface area (Å²) in [6.45, 7) is 2.85. The third-order valence-corrected chi connectivity index (χ3v) is 8.79. The van der Waals surface area contributed by atoms with Crippen LogP contribution in [0.5, 0.6) is 0 Å². The number of amides is 2. The highest BCUT2D eigenvalue weighted by Crippen LogP contribution is 2.27. The minimum atomic E-state index is -0.454. The predicted octanol–water partition coefficient (Wildman–Crippen LogP) is 2.19. The molecule has 0 aromatic carbocycles. The fourth-order valence-electron chi connectivity index (χ4n) is 4.63. The van der Waals surface area contributed by atoms with E-state index in [2.05, 4.69) is 20.5 Å². The van der Waals surface area contributed by atoms with Crippen molar-refractivity contribution in [2.24, 2.45) is 5.92 Å². The maximum atomic E-state index is 13.4. The van der Waals surface area contributed by atoms with Gasteiger partial charge in [0.05, 0.1) is 6.04 Å². The number of aromatic nitrogens is 1. The summed E-state index contributed by atoms with van der Waals surface area (Å²) in [7, 11) is 0. The van der Waals surface area contributed by atoms with Crippen LogP contribution in [0, 0.1) is 5.92 Å². The van der Waals surface area contributed by atoms with E-state index in [1.807, 2.05) is 34.9 Å². The van der Waals surface area contributed by atoms with Crippen molar-refractivity contribution in [3.8, 4) is 0 Å². The summed E-state index contributed by atoms with van der Waals surface area (Å²) in [6, 6.07) is 5.27. The van der Waals surface area contributed by atoms with Crippen molar-refractivity contribution >= 4 is 41.2 Å². The Morgan fingerprint density at radius 2 is 2.00 bits per heavy atom. The lowest BCUT2D eigenvalue weighted by Gasteiger charge is -2.37. The van der Waals surface area contributed by atoms with Crippen LogP contribution >= 0.6 is 23.5 Å². The van der Waals surface area contributed by atoms with E-state index in [4.69, 9.17) is 0 Å². The number of anilines is 1. The zero-order valence-electron chi connectivity index (χ0n) is 18.7. The Kier molecular flexibility index (Phi) is 8.99. The Hall–Kier alpha value is -1.45. The molecule has 1 aromatic rings. The van der Waals surface area contributed by atoms with Crippen LogP contribution < -0.4 is 15.5 Å². The van der Waals surface area contributed by atoms with Crippen LogP contribution in [0.3, 0.4) is 0 Å². The molecule has 4 rings (SSSR count). The fourth-order valence-corrected chi connectivity index (χ4v) is 6.84. The SMILES string of the molecule is O=C(NC(CSCC1CCCCC1)C(=O)N1CCN(c2ccccn2)CC1)C1CSCN1. The van der Waals surface area contributed by atoms with Crippen LogP contribution in [0.4, 0.5) is 5.82 Å². The lowest BCUT2D eigenvalue weighted by atomic mass is 9.91. The van der Waals surface area contributed by atoms with Crippen molar-refractivity contribution in [2.75, 3.05) is 54.2 Å². The molecule has 7 nitrogen and oxygen atoms in total. The van der Waals surface area contributed by atoms with Gasteiger partial charge in [0.2, 0.25) is 11.8 Å². The van der Waals surface area contributed by atoms with Crippen molar-refractivity contribution in [2.45, 2.75) is 44.2 Å². The maximum absolute atomic E-state index is 13.4. The second-order valence-electron chi connectivity index (χ2n) is 8.87. The average molecular weight is 478 g/mol. The van der Waals surface area contributed by atoms with Gasteiger partial charge in [-0.25, -0.2) is 4.98 Å². The first-order chi connectivity index (χ1) is 15.7. The molecular weight excluding hydrogens is 442 g/mol. The normalized spacial score (nSPS) is 23.2. The molecule has 0 radical (unpaired) electrons. The van der Waals surface area contributed by atoms with Crippen molar-refractivity contribution < 1.29 is 9.59 Å². The van der Waals surface area contributed by atoms with Crippen LogP contribution in [-0.4, -0.2) is 83.1 Å². The number of hydrogen-bond donors (Lipinski definition) is 2. The molecule has 2 amide bonds. The summed E-state index contributed by atoms with van der Waals surface area (Å²) >= 11 is 3.56. The van der Waals surface area contributed by atoms with Gasteiger partial charge in [0.15, 0.2) is 0 Å². The Balaban J connectivity index is 1.32. The molecule has 2 N–H and O–H groups in total. The molecule has 9 heteroatoms. The molecule has 2 atom stereocenters. The first-order valence-corrected chi connectivity index (χ1v) is 14.2. The third-order valence-electron chi connectivity index (χ3n) is 6.57. The number of pyridine rings is 1. The van der Waals surface area contributed by atoms with E-state index >= 15 is 0 Å². The monoisotopic (exact) mass is 477 g/mol. The lowest BCUT2D eigenvalue weighted by Crippen LogP contribution is -2.57. The number of nitrogens with zero attached hydrogens (tertiary/aromatic N) is 3. The zero-order chi connectivity index (χ0) is 22.2. The van der Waals surface area contributed by atoms with Gasteiger partial charge in [-0.15, -0.1) is 11.8 Å². The van der Waals surface area contributed by atoms with Gasteiger partial charge in [0.1, 0.15) is 11.9 Å². The summed E-state index contributed by atoms with van der Waals surface area (Å²) in [6.07, 6.45) is 8.42. The highest BCUT2D eigenvalue weighted by Gasteiger charge is 2.32. The largest absolute Gasteiger partial charge is 0.353 e. The van der Waals surface area contributed by atoms with Crippen LogP contribution in [0.1, 0.15) is 32.1 Å². The van der Waals surface area contributed by atoms with Gasteiger partial charge in [-0.3, -0.25) is 14.9 Å². The zero-order valence-corrected chi connectivity index (χ0v) is 20.3. The molecule has 3 heterocycles. The molecule has 1 saturated carbocycles. The molecule has 0 spiro atoms. The van der Waals surface area contributed by atoms with Crippen LogP contribution in [0.25, 0.3) is 0 Å². The summed E-state index contributed by atoms with van der Waals surface area (Å²) in [4.78, 5) is 34.7. The van der Waals surface area contributed by atoms with E-state index in [0.717, 1.165) is 42.2 Å². The average Bonchev–Trinajstić information content (AvgIpc) is 3.40. The van der Waals surface area contributed by atoms with Gasteiger partial charge < -0.3 is 15.1 Å². The summed E-state index contributed by atoms with van der Waals surface area (Å²) in [5, 5.41) is 6.30. The van der Waals surface area contributed by atoms with E-state index in [1.165, 1.54) is 32.1 Å². The van der Waals surface area contributed by atoms with Gasteiger partial charge in [-0.1, -0.05) is 25.3 Å². The molecule has 2 saturated heterocycles. The summed E-state index contributed by atoms with van der Waals surface area (Å²) in [5.41, 5.74) is 0. The number of carbonyl (C=O) groups is 2. The van der Waals surface area contributed by atoms with Gasteiger partial charge in [0, 0.05) is 49.8 Å². The lowest BCUT2D eigenvalue weighted by molar-refractivity contribution is -0.136. The molecule has 1 aromatic heterocycles. The number of thioether (sulfide) groups is 2. The van der Waals surface area contributed by atoms with E-state index in [9.17, 15) is 9.59 Å².